The highest BCUT2D eigenvalue weighted by molar-refractivity contribution is 9.10. The van der Waals surface area contributed by atoms with E-state index in [9.17, 15) is 9.90 Å². The van der Waals surface area contributed by atoms with Gasteiger partial charge in [0.25, 0.3) is 0 Å². The molecular formula is C16H22BrNO3. The van der Waals surface area contributed by atoms with Crippen LogP contribution in [-0.4, -0.2) is 22.4 Å². The Morgan fingerprint density at radius 2 is 1.81 bits per heavy atom. The Morgan fingerprint density at radius 3 is 2.24 bits per heavy atom. The fourth-order valence-corrected chi connectivity index (χ4v) is 3.15. The molecule has 2 rings (SSSR count). The van der Waals surface area contributed by atoms with Crippen molar-refractivity contribution in [2.75, 3.05) is 0 Å². The first-order chi connectivity index (χ1) is 9.51. The lowest BCUT2D eigenvalue weighted by Gasteiger charge is -2.52. The van der Waals surface area contributed by atoms with Gasteiger partial charge in [0.05, 0.1) is 11.1 Å². The number of hydrogen-bond acceptors (Lipinski definition) is 3. The molecule has 0 bridgehead atoms. The SMILES string of the molecule is CC(C)(C)OC(=O)N[C@]1(c2ccc(Br)cc2)C[C@@](C)(O)C1. The molecule has 0 aliphatic heterocycles. The van der Waals surface area contributed by atoms with Crippen LogP contribution in [0.1, 0.15) is 46.1 Å². The molecule has 5 heteroatoms. The smallest absolute Gasteiger partial charge is 0.408 e. The first kappa shape index (κ1) is 16.3. The Bertz CT molecular complexity index is 523. The lowest BCUT2D eigenvalue weighted by molar-refractivity contribution is -0.0892. The van der Waals surface area contributed by atoms with Crippen molar-refractivity contribution in [3.8, 4) is 0 Å². The Hall–Kier alpha value is -1.07. The summed E-state index contributed by atoms with van der Waals surface area (Å²) in [6, 6.07) is 7.77. The molecule has 0 unspecified atom stereocenters. The zero-order valence-corrected chi connectivity index (χ0v) is 14.5. The van der Waals surface area contributed by atoms with E-state index >= 15 is 0 Å². The first-order valence-electron chi connectivity index (χ1n) is 7.01. The van der Waals surface area contributed by atoms with Gasteiger partial charge in [0.2, 0.25) is 0 Å². The number of ether oxygens (including phenoxy) is 1. The molecule has 1 amide bonds. The van der Waals surface area contributed by atoms with Gasteiger partial charge in [-0.15, -0.1) is 0 Å². The van der Waals surface area contributed by atoms with Crippen LogP contribution >= 0.6 is 15.9 Å². The highest BCUT2D eigenvalue weighted by Crippen LogP contribution is 2.48. The number of rotatable bonds is 2. The van der Waals surface area contributed by atoms with Crippen LogP contribution in [0.15, 0.2) is 28.7 Å². The predicted molar refractivity (Wildman–Crippen MR) is 85.0 cm³/mol. The molecule has 1 saturated carbocycles. The van der Waals surface area contributed by atoms with E-state index in [-0.39, 0.29) is 0 Å². The van der Waals surface area contributed by atoms with Crippen molar-refractivity contribution in [2.24, 2.45) is 0 Å². The molecule has 0 spiro atoms. The van der Waals surface area contributed by atoms with Gasteiger partial charge >= 0.3 is 6.09 Å². The maximum atomic E-state index is 12.1. The average molecular weight is 356 g/mol. The molecule has 21 heavy (non-hydrogen) atoms. The van der Waals surface area contributed by atoms with E-state index in [1.165, 1.54) is 0 Å². The van der Waals surface area contributed by atoms with Crippen molar-refractivity contribution in [3.63, 3.8) is 0 Å². The number of nitrogens with one attached hydrogen (secondary N) is 1. The van der Waals surface area contributed by atoms with Crippen molar-refractivity contribution < 1.29 is 14.6 Å². The maximum Gasteiger partial charge on any atom is 0.408 e. The standard InChI is InChI=1S/C16H22BrNO3/c1-14(2,3)21-13(19)18-16(9-15(4,20)10-16)11-5-7-12(17)8-6-11/h5-8,20H,9-10H2,1-4H3,(H,18,19)/t15-,16-. The summed E-state index contributed by atoms with van der Waals surface area (Å²) in [4.78, 5) is 12.1. The summed E-state index contributed by atoms with van der Waals surface area (Å²) in [5.41, 5.74) is -0.894. The average Bonchev–Trinajstić information content (AvgIpc) is 2.23. The number of carbonyl (C=O) groups is 1. The summed E-state index contributed by atoms with van der Waals surface area (Å²) in [5, 5.41) is 13.1. The van der Waals surface area contributed by atoms with Crippen LogP contribution in [0.25, 0.3) is 0 Å². The molecule has 0 atom stereocenters. The molecule has 4 nitrogen and oxygen atoms in total. The fraction of sp³-hybridized carbons (Fsp3) is 0.562. The topological polar surface area (TPSA) is 58.6 Å². The third-order valence-electron chi connectivity index (χ3n) is 3.50. The zero-order valence-electron chi connectivity index (χ0n) is 12.9. The quantitative estimate of drug-likeness (QED) is 0.849. The van der Waals surface area contributed by atoms with Crippen LogP contribution in [0.3, 0.4) is 0 Å². The Labute approximate surface area is 134 Å². The van der Waals surface area contributed by atoms with Gasteiger partial charge in [0, 0.05) is 17.3 Å². The number of carbonyl (C=O) groups excluding carboxylic acids is 1. The second kappa shape index (κ2) is 5.29. The number of aliphatic hydroxyl groups is 1. The molecule has 2 N–H and O–H groups in total. The van der Waals surface area contributed by atoms with Gasteiger partial charge in [0.1, 0.15) is 5.60 Å². The summed E-state index contributed by atoms with van der Waals surface area (Å²) >= 11 is 3.40. The highest BCUT2D eigenvalue weighted by atomic mass is 79.9. The predicted octanol–water partition coefficient (Wildman–Crippen LogP) is 3.71. The van der Waals surface area contributed by atoms with Gasteiger partial charge in [0.15, 0.2) is 0 Å². The minimum atomic E-state index is -0.762. The molecule has 1 aromatic carbocycles. The van der Waals surface area contributed by atoms with Gasteiger partial charge in [-0.05, 0) is 45.4 Å². The normalized spacial score (nSPS) is 28.7. The van der Waals surface area contributed by atoms with Crippen molar-refractivity contribution in [1.29, 1.82) is 0 Å². The molecule has 0 saturated heterocycles. The van der Waals surface area contributed by atoms with E-state index in [4.69, 9.17) is 4.74 Å². The number of halogens is 1. The lowest BCUT2D eigenvalue weighted by atomic mass is 9.62. The molecule has 1 aliphatic carbocycles. The molecule has 1 aliphatic rings. The molecule has 1 fully saturated rings. The summed E-state index contributed by atoms with van der Waals surface area (Å²) in [6.45, 7) is 7.27. The Morgan fingerprint density at radius 1 is 1.29 bits per heavy atom. The Kier molecular flexibility index (Phi) is 4.10. The van der Waals surface area contributed by atoms with Gasteiger partial charge in [-0.2, -0.15) is 0 Å². The number of amides is 1. The third-order valence-corrected chi connectivity index (χ3v) is 4.03. The van der Waals surface area contributed by atoms with Crippen LogP contribution < -0.4 is 5.32 Å². The summed E-state index contributed by atoms with van der Waals surface area (Å²) in [7, 11) is 0. The van der Waals surface area contributed by atoms with E-state index in [0.717, 1.165) is 10.0 Å². The third kappa shape index (κ3) is 3.98. The number of benzene rings is 1. The van der Waals surface area contributed by atoms with Crippen LogP contribution in [0.5, 0.6) is 0 Å². The second-order valence-corrected chi connectivity index (χ2v) is 7.98. The lowest BCUT2D eigenvalue weighted by Crippen LogP contribution is -2.62. The maximum absolute atomic E-state index is 12.1. The minimum absolute atomic E-state index is 0.457. The van der Waals surface area contributed by atoms with E-state index < -0.39 is 22.8 Å². The molecular weight excluding hydrogens is 334 g/mol. The summed E-state index contributed by atoms with van der Waals surface area (Å²) in [6.07, 6.45) is 0.489. The van der Waals surface area contributed by atoms with Crippen molar-refractivity contribution >= 4 is 22.0 Å². The van der Waals surface area contributed by atoms with Crippen molar-refractivity contribution in [1.82, 2.24) is 5.32 Å². The van der Waals surface area contributed by atoms with E-state index in [1.807, 2.05) is 45.0 Å². The van der Waals surface area contributed by atoms with E-state index in [0.29, 0.717) is 12.8 Å². The second-order valence-electron chi connectivity index (χ2n) is 7.07. The summed E-state index contributed by atoms with van der Waals surface area (Å²) < 4.78 is 6.32. The van der Waals surface area contributed by atoms with Crippen LogP contribution in [0.4, 0.5) is 4.79 Å². The fourth-order valence-electron chi connectivity index (χ4n) is 2.88. The number of alkyl carbamates (subject to hydrolysis) is 1. The summed E-state index contributed by atoms with van der Waals surface area (Å²) in [5.74, 6) is 0. The Balaban J connectivity index is 2.19. The molecule has 1 aromatic rings. The molecule has 116 valence electrons. The monoisotopic (exact) mass is 355 g/mol. The van der Waals surface area contributed by atoms with Crippen LogP contribution in [-0.2, 0) is 10.3 Å². The van der Waals surface area contributed by atoms with E-state index in [2.05, 4.69) is 21.2 Å². The minimum Gasteiger partial charge on any atom is -0.444 e. The van der Waals surface area contributed by atoms with Crippen molar-refractivity contribution in [2.45, 2.75) is 57.3 Å². The largest absolute Gasteiger partial charge is 0.444 e. The molecule has 0 aromatic heterocycles. The first-order valence-corrected chi connectivity index (χ1v) is 7.80. The van der Waals surface area contributed by atoms with E-state index in [1.54, 1.807) is 6.92 Å². The highest BCUT2D eigenvalue weighted by Gasteiger charge is 2.53. The van der Waals surface area contributed by atoms with Gasteiger partial charge in [-0.1, -0.05) is 28.1 Å². The van der Waals surface area contributed by atoms with Crippen LogP contribution in [0, 0.1) is 0 Å². The van der Waals surface area contributed by atoms with Crippen LogP contribution in [0.2, 0.25) is 0 Å². The van der Waals surface area contributed by atoms with Gasteiger partial charge in [-0.3, -0.25) is 0 Å². The molecule has 0 heterocycles. The van der Waals surface area contributed by atoms with Gasteiger partial charge < -0.3 is 15.2 Å². The zero-order chi connectivity index (χ0) is 15.9. The van der Waals surface area contributed by atoms with Crippen molar-refractivity contribution in [3.05, 3.63) is 34.3 Å². The molecule has 0 radical (unpaired) electrons. The van der Waals surface area contributed by atoms with Gasteiger partial charge in [-0.25, -0.2) is 4.79 Å². The number of hydrogen-bond donors (Lipinski definition) is 2.